The Hall–Kier alpha value is -3.50. The molecule has 0 unspecified atom stereocenters. The van der Waals surface area contributed by atoms with E-state index < -0.39 is 6.29 Å². The first-order valence-electron chi connectivity index (χ1n) is 7.47. The van der Waals surface area contributed by atoms with Gasteiger partial charge in [0.25, 0.3) is 0 Å². The zero-order valence-electron chi connectivity index (χ0n) is 13.4. The Balaban J connectivity index is 1.46. The summed E-state index contributed by atoms with van der Waals surface area (Å²) in [4.78, 5) is 13.3. The largest absolute Gasteiger partial charge is 0.586 e. The minimum absolute atomic E-state index is 0.0329. The number of alkyl halides is 2. The average Bonchev–Trinajstić information content (AvgIpc) is 3.24. The molecule has 9 nitrogen and oxygen atoms in total. The lowest BCUT2D eigenvalue weighted by atomic mass is 10.1. The Morgan fingerprint density at radius 2 is 2.00 bits per heavy atom. The van der Waals surface area contributed by atoms with E-state index in [-0.39, 0.29) is 24.0 Å². The maximum atomic E-state index is 13.1. The fourth-order valence-electron chi connectivity index (χ4n) is 2.46. The Morgan fingerprint density at radius 3 is 2.77 bits per heavy atom. The van der Waals surface area contributed by atoms with Crippen LogP contribution in [0, 0.1) is 0 Å². The lowest BCUT2D eigenvalue weighted by Gasteiger charge is -2.04. The zero-order valence-corrected chi connectivity index (χ0v) is 13.4. The van der Waals surface area contributed by atoms with Crippen molar-refractivity contribution in [3.8, 4) is 22.6 Å². The summed E-state index contributed by atoms with van der Waals surface area (Å²) in [5.74, 6) is -0.0813. The Morgan fingerprint density at radius 1 is 1.19 bits per heavy atom. The van der Waals surface area contributed by atoms with Gasteiger partial charge >= 0.3 is 6.29 Å². The number of fused-ring (bicyclic) bond motifs is 1. The van der Waals surface area contributed by atoms with E-state index in [4.69, 9.17) is 0 Å². The second-order valence-electron chi connectivity index (χ2n) is 5.52. The molecular weight excluding hydrogens is 350 g/mol. The Kier molecular flexibility index (Phi) is 3.56. The molecule has 0 saturated carbocycles. The van der Waals surface area contributed by atoms with Gasteiger partial charge in [-0.15, -0.1) is 13.9 Å². The van der Waals surface area contributed by atoms with Crippen LogP contribution in [0.15, 0.2) is 36.8 Å². The number of amides is 1. The second-order valence-corrected chi connectivity index (χ2v) is 5.52. The third kappa shape index (κ3) is 3.18. The Labute approximate surface area is 145 Å². The quantitative estimate of drug-likeness (QED) is 0.758. The van der Waals surface area contributed by atoms with Crippen LogP contribution in [0.1, 0.15) is 0 Å². The van der Waals surface area contributed by atoms with E-state index in [0.29, 0.717) is 16.9 Å². The molecule has 2 aromatic heterocycles. The maximum absolute atomic E-state index is 13.1. The number of anilines is 1. The molecule has 0 saturated heterocycles. The van der Waals surface area contributed by atoms with Crippen molar-refractivity contribution in [2.24, 2.45) is 7.05 Å². The molecule has 1 aromatic carbocycles. The van der Waals surface area contributed by atoms with E-state index >= 15 is 0 Å². The van der Waals surface area contributed by atoms with Gasteiger partial charge in [-0.2, -0.15) is 15.0 Å². The number of carbonyl (C=O) groups excluding carboxylic acids is 1. The van der Waals surface area contributed by atoms with Crippen LogP contribution in [0.5, 0.6) is 11.5 Å². The van der Waals surface area contributed by atoms with Crippen LogP contribution in [0.25, 0.3) is 11.1 Å². The van der Waals surface area contributed by atoms with Gasteiger partial charge in [-0.25, -0.2) is 0 Å². The van der Waals surface area contributed by atoms with Crippen LogP contribution in [-0.2, 0) is 18.4 Å². The first-order chi connectivity index (χ1) is 12.4. The minimum atomic E-state index is -3.66. The van der Waals surface area contributed by atoms with Gasteiger partial charge in [-0.1, -0.05) is 6.07 Å². The van der Waals surface area contributed by atoms with Gasteiger partial charge in [-0.3, -0.25) is 9.48 Å². The van der Waals surface area contributed by atoms with Crippen molar-refractivity contribution in [1.29, 1.82) is 0 Å². The van der Waals surface area contributed by atoms with Gasteiger partial charge in [0.1, 0.15) is 6.54 Å². The number of carbonyl (C=O) groups is 1. The summed E-state index contributed by atoms with van der Waals surface area (Å²) in [7, 11) is 1.64. The third-order valence-electron chi connectivity index (χ3n) is 3.54. The van der Waals surface area contributed by atoms with Gasteiger partial charge in [0.2, 0.25) is 5.91 Å². The smallest absolute Gasteiger partial charge is 0.395 e. The highest BCUT2D eigenvalue weighted by atomic mass is 19.3. The van der Waals surface area contributed by atoms with Crippen LogP contribution >= 0.6 is 0 Å². The molecule has 0 fully saturated rings. The first-order valence-corrected chi connectivity index (χ1v) is 7.47. The molecule has 1 aliphatic heterocycles. The first kappa shape index (κ1) is 16.0. The summed E-state index contributed by atoms with van der Waals surface area (Å²) in [5, 5.41) is 14.5. The highest BCUT2D eigenvalue weighted by Crippen LogP contribution is 2.42. The number of aryl methyl sites for hydroxylation is 1. The van der Waals surface area contributed by atoms with E-state index in [9.17, 15) is 13.6 Å². The van der Waals surface area contributed by atoms with Crippen molar-refractivity contribution in [2.45, 2.75) is 12.8 Å². The van der Waals surface area contributed by atoms with Crippen molar-refractivity contribution in [3.63, 3.8) is 0 Å². The molecule has 1 aliphatic rings. The molecule has 3 aromatic rings. The van der Waals surface area contributed by atoms with Crippen LogP contribution in [-0.4, -0.2) is 37.0 Å². The molecule has 26 heavy (non-hydrogen) atoms. The summed E-state index contributed by atoms with van der Waals surface area (Å²) in [6, 6.07) is 4.42. The molecule has 1 amide bonds. The topological polar surface area (TPSA) is 96.1 Å². The average molecular weight is 362 g/mol. The van der Waals surface area contributed by atoms with Crippen molar-refractivity contribution < 1.29 is 23.0 Å². The van der Waals surface area contributed by atoms with E-state index in [1.807, 2.05) is 0 Å². The minimum Gasteiger partial charge on any atom is -0.395 e. The number of rotatable bonds is 4. The molecule has 134 valence electrons. The second kappa shape index (κ2) is 5.79. The third-order valence-corrected chi connectivity index (χ3v) is 3.54. The fourth-order valence-corrected chi connectivity index (χ4v) is 2.46. The van der Waals surface area contributed by atoms with Crippen LogP contribution < -0.4 is 14.8 Å². The van der Waals surface area contributed by atoms with Crippen LogP contribution in [0.4, 0.5) is 14.6 Å². The standard InChI is InChI=1S/C15H12F2N6O3/c1-22-18-6-13(21-22)20-14(24)8-23-7-10(5-19-23)9-2-3-11-12(4-9)26-15(16,17)25-11/h2-7H,8H2,1H3,(H,20,21,24). The Bertz CT molecular complexity index is 983. The van der Waals surface area contributed by atoms with Gasteiger partial charge in [0.15, 0.2) is 17.3 Å². The number of hydrogen-bond acceptors (Lipinski definition) is 6. The summed E-state index contributed by atoms with van der Waals surface area (Å²) >= 11 is 0. The van der Waals surface area contributed by atoms with E-state index in [0.717, 1.165) is 0 Å². The van der Waals surface area contributed by atoms with E-state index in [2.05, 4.69) is 30.1 Å². The van der Waals surface area contributed by atoms with Crippen molar-refractivity contribution in [1.82, 2.24) is 24.8 Å². The summed E-state index contributed by atoms with van der Waals surface area (Å²) in [5.41, 5.74) is 1.24. The predicted molar refractivity (Wildman–Crippen MR) is 83.5 cm³/mol. The predicted octanol–water partition coefficient (Wildman–Crippen LogP) is 1.64. The van der Waals surface area contributed by atoms with Crippen molar-refractivity contribution in [3.05, 3.63) is 36.8 Å². The highest BCUT2D eigenvalue weighted by molar-refractivity contribution is 5.89. The molecule has 4 rings (SSSR count). The van der Waals surface area contributed by atoms with Gasteiger partial charge in [0.05, 0.1) is 12.4 Å². The van der Waals surface area contributed by atoms with Gasteiger partial charge < -0.3 is 14.8 Å². The molecule has 11 heteroatoms. The molecular formula is C15H12F2N6O3. The SMILES string of the molecule is Cn1ncc(NC(=O)Cn2cc(-c3ccc4c(c3)OC(F)(F)O4)cn2)n1. The summed E-state index contributed by atoms with van der Waals surface area (Å²) < 4.78 is 36.4. The number of aromatic nitrogens is 5. The molecule has 0 atom stereocenters. The van der Waals surface area contributed by atoms with Gasteiger partial charge in [0, 0.05) is 18.8 Å². The number of nitrogens with zero attached hydrogens (tertiary/aromatic N) is 5. The molecule has 0 bridgehead atoms. The number of halogens is 2. The molecule has 0 aliphatic carbocycles. The number of benzene rings is 1. The molecule has 1 N–H and O–H groups in total. The molecule has 0 spiro atoms. The number of nitrogens with one attached hydrogen (secondary N) is 1. The fraction of sp³-hybridized carbons (Fsp3) is 0.200. The summed E-state index contributed by atoms with van der Waals surface area (Å²) in [6.07, 6.45) is 0.898. The van der Waals surface area contributed by atoms with Crippen LogP contribution in [0.3, 0.4) is 0 Å². The number of hydrogen-bond donors (Lipinski definition) is 1. The zero-order chi connectivity index (χ0) is 18.3. The maximum Gasteiger partial charge on any atom is 0.586 e. The van der Waals surface area contributed by atoms with Crippen molar-refractivity contribution >= 4 is 11.7 Å². The lowest BCUT2D eigenvalue weighted by molar-refractivity contribution is -0.286. The van der Waals surface area contributed by atoms with E-state index in [1.54, 1.807) is 19.3 Å². The lowest BCUT2D eigenvalue weighted by Crippen LogP contribution is -2.25. The number of ether oxygens (including phenoxy) is 2. The van der Waals surface area contributed by atoms with E-state index in [1.165, 1.54) is 34.0 Å². The normalized spacial score (nSPS) is 14.4. The molecule has 0 radical (unpaired) electrons. The molecule has 3 heterocycles. The van der Waals surface area contributed by atoms with Crippen LogP contribution in [0.2, 0.25) is 0 Å². The monoisotopic (exact) mass is 362 g/mol. The van der Waals surface area contributed by atoms with Gasteiger partial charge in [-0.05, 0) is 17.7 Å². The highest BCUT2D eigenvalue weighted by Gasteiger charge is 2.43. The summed E-state index contributed by atoms with van der Waals surface area (Å²) in [6.45, 7) is -0.0425. The van der Waals surface area contributed by atoms with Crippen molar-refractivity contribution in [2.75, 3.05) is 5.32 Å².